The summed E-state index contributed by atoms with van der Waals surface area (Å²) in [4.78, 5) is 26.0. The lowest BCUT2D eigenvalue weighted by Gasteiger charge is -2.35. The van der Waals surface area contributed by atoms with Crippen LogP contribution in [-0.4, -0.2) is 35.7 Å². The van der Waals surface area contributed by atoms with Crippen LogP contribution in [0.15, 0.2) is 12.1 Å². The van der Waals surface area contributed by atoms with E-state index in [2.05, 4.69) is 30.1 Å². The molecule has 0 radical (unpaired) electrons. The molecule has 4 nitrogen and oxygen atoms in total. The highest BCUT2D eigenvalue weighted by atomic mass is 16.2. The van der Waals surface area contributed by atoms with Crippen LogP contribution in [0.4, 0.5) is 5.69 Å². The minimum Gasteiger partial charge on any atom is -0.318 e. The Kier molecular flexibility index (Phi) is 4.30. The van der Waals surface area contributed by atoms with Crippen molar-refractivity contribution >= 4 is 17.4 Å². The van der Waals surface area contributed by atoms with Gasteiger partial charge in [-0.15, -0.1) is 0 Å². The number of carbonyl (C=O) groups excluding carboxylic acids is 2. The number of rotatable bonds is 5. The number of hydrogen-bond acceptors (Lipinski definition) is 3. The molecule has 0 spiro atoms. The highest BCUT2D eigenvalue weighted by Gasteiger charge is 2.33. The van der Waals surface area contributed by atoms with E-state index < -0.39 is 11.7 Å². The quantitative estimate of drug-likeness (QED) is 0.851. The molecule has 0 aromatic heterocycles. The topological polar surface area (TPSA) is 49.4 Å². The molecule has 118 valence electrons. The Morgan fingerprint density at radius 1 is 1.18 bits per heavy atom. The zero-order chi connectivity index (χ0) is 15.7. The van der Waals surface area contributed by atoms with E-state index in [-0.39, 0.29) is 0 Å². The Labute approximate surface area is 131 Å². The molecular weight excluding hydrogens is 276 g/mol. The van der Waals surface area contributed by atoms with Crippen LogP contribution in [0.2, 0.25) is 0 Å². The number of nitrogens with zero attached hydrogens (tertiary/aromatic N) is 1. The maximum atomic E-state index is 11.8. The van der Waals surface area contributed by atoms with Crippen molar-refractivity contribution in [1.82, 2.24) is 4.90 Å². The van der Waals surface area contributed by atoms with Crippen molar-refractivity contribution in [2.24, 2.45) is 0 Å². The summed E-state index contributed by atoms with van der Waals surface area (Å²) in [6.45, 7) is 6.75. The summed E-state index contributed by atoms with van der Waals surface area (Å²) in [6.07, 6.45) is 5.43. The molecule has 0 fully saturated rings. The van der Waals surface area contributed by atoms with Gasteiger partial charge in [0.15, 0.2) is 0 Å². The van der Waals surface area contributed by atoms with Gasteiger partial charge < -0.3 is 10.2 Å². The minimum absolute atomic E-state index is 0.390. The number of nitrogens with one attached hydrogen (secondary N) is 1. The molecule has 1 unspecified atom stereocenters. The fourth-order valence-electron chi connectivity index (χ4n) is 3.82. The van der Waals surface area contributed by atoms with Crippen LogP contribution in [0.25, 0.3) is 0 Å². The fourth-order valence-corrected chi connectivity index (χ4v) is 3.82. The largest absolute Gasteiger partial charge is 0.318 e. The number of benzene rings is 1. The molecule has 0 saturated carbocycles. The molecule has 1 heterocycles. The van der Waals surface area contributed by atoms with Gasteiger partial charge in [-0.25, -0.2) is 0 Å². The molecule has 0 saturated heterocycles. The maximum Gasteiger partial charge on any atom is 0.296 e. The summed E-state index contributed by atoms with van der Waals surface area (Å²) < 4.78 is 0. The lowest BCUT2D eigenvalue weighted by molar-refractivity contribution is -0.112. The van der Waals surface area contributed by atoms with Crippen molar-refractivity contribution < 1.29 is 9.59 Å². The van der Waals surface area contributed by atoms with Crippen LogP contribution in [0, 0.1) is 0 Å². The third-order valence-corrected chi connectivity index (χ3v) is 4.82. The monoisotopic (exact) mass is 300 g/mol. The Bertz CT molecular complexity index is 603. The number of hydrogen-bond donors (Lipinski definition) is 1. The second-order valence-corrected chi connectivity index (χ2v) is 6.34. The molecule has 1 atom stereocenters. The van der Waals surface area contributed by atoms with Crippen molar-refractivity contribution in [2.45, 2.75) is 52.0 Å². The standard InChI is InChI=1S/C18H24N2O2/c1-3-9-20(10-4-2)13-6-8-14-12(11-13)5-7-15-16(14)19-18(22)17(15)21/h5,7,13H,3-4,6,8-11H2,1-2H3,(H,19,21,22). The summed E-state index contributed by atoms with van der Waals surface area (Å²) in [5.74, 6) is -0.873. The van der Waals surface area contributed by atoms with E-state index in [0.29, 0.717) is 11.6 Å². The van der Waals surface area contributed by atoms with Crippen LogP contribution in [0.5, 0.6) is 0 Å². The summed E-state index contributed by atoms with van der Waals surface area (Å²) in [5.41, 5.74) is 3.81. The van der Waals surface area contributed by atoms with E-state index in [1.54, 1.807) is 0 Å². The first-order chi connectivity index (χ1) is 10.7. The van der Waals surface area contributed by atoms with Gasteiger partial charge in [0.25, 0.3) is 11.7 Å². The zero-order valence-electron chi connectivity index (χ0n) is 13.4. The predicted octanol–water partition coefficient (Wildman–Crippen LogP) is 2.80. The number of ketones is 1. The Balaban J connectivity index is 1.84. The zero-order valence-corrected chi connectivity index (χ0v) is 13.4. The summed E-state index contributed by atoms with van der Waals surface area (Å²) >= 11 is 0. The van der Waals surface area contributed by atoms with Gasteiger partial charge in [0.2, 0.25) is 0 Å². The number of fused-ring (bicyclic) bond motifs is 3. The van der Waals surface area contributed by atoms with Gasteiger partial charge in [-0.2, -0.15) is 0 Å². The number of carbonyl (C=O) groups is 2. The van der Waals surface area contributed by atoms with Gasteiger partial charge in [0.1, 0.15) is 0 Å². The van der Waals surface area contributed by atoms with Gasteiger partial charge in [0.05, 0.1) is 11.3 Å². The molecule has 1 amide bonds. The van der Waals surface area contributed by atoms with E-state index in [1.807, 2.05) is 6.07 Å². The van der Waals surface area contributed by atoms with Crippen LogP contribution in [-0.2, 0) is 17.6 Å². The highest BCUT2D eigenvalue weighted by Crippen LogP contribution is 2.35. The Morgan fingerprint density at radius 3 is 2.59 bits per heavy atom. The van der Waals surface area contributed by atoms with Crippen molar-refractivity contribution in [2.75, 3.05) is 18.4 Å². The normalized spacial score (nSPS) is 20.0. The van der Waals surface area contributed by atoms with Gasteiger partial charge >= 0.3 is 0 Å². The molecule has 2 aliphatic rings. The van der Waals surface area contributed by atoms with Crippen LogP contribution >= 0.6 is 0 Å². The first-order valence-corrected chi connectivity index (χ1v) is 8.40. The van der Waals surface area contributed by atoms with E-state index in [1.165, 1.54) is 24.0 Å². The van der Waals surface area contributed by atoms with Crippen LogP contribution < -0.4 is 5.32 Å². The molecule has 1 aromatic rings. The second-order valence-electron chi connectivity index (χ2n) is 6.34. The van der Waals surface area contributed by atoms with Crippen LogP contribution in [0.3, 0.4) is 0 Å². The van der Waals surface area contributed by atoms with Crippen molar-refractivity contribution in [3.8, 4) is 0 Å². The first-order valence-electron chi connectivity index (χ1n) is 8.40. The smallest absolute Gasteiger partial charge is 0.296 e. The van der Waals surface area contributed by atoms with E-state index in [4.69, 9.17) is 0 Å². The molecular formula is C18H24N2O2. The van der Waals surface area contributed by atoms with Gasteiger partial charge in [-0.1, -0.05) is 19.9 Å². The third kappa shape index (κ3) is 2.56. The Morgan fingerprint density at radius 2 is 1.91 bits per heavy atom. The van der Waals surface area contributed by atoms with Gasteiger partial charge in [-0.3, -0.25) is 9.59 Å². The van der Waals surface area contributed by atoms with Crippen molar-refractivity contribution in [3.63, 3.8) is 0 Å². The molecule has 1 aromatic carbocycles. The average molecular weight is 300 g/mol. The molecule has 1 aliphatic heterocycles. The SMILES string of the molecule is CCCN(CCC)C1CCc2c(ccc3c2NC(=O)C3=O)C1. The van der Waals surface area contributed by atoms with E-state index in [0.717, 1.165) is 38.0 Å². The average Bonchev–Trinajstić information content (AvgIpc) is 2.82. The predicted molar refractivity (Wildman–Crippen MR) is 87.4 cm³/mol. The van der Waals surface area contributed by atoms with Crippen molar-refractivity contribution in [3.05, 3.63) is 28.8 Å². The molecule has 0 bridgehead atoms. The van der Waals surface area contributed by atoms with E-state index in [9.17, 15) is 9.59 Å². The van der Waals surface area contributed by atoms with Gasteiger partial charge in [0, 0.05) is 6.04 Å². The highest BCUT2D eigenvalue weighted by molar-refractivity contribution is 6.51. The fraction of sp³-hybridized carbons (Fsp3) is 0.556. The molecule has 1 N–H and O–H groups in total. The lowest BCUT2D eigenvalue weighted by Crippen LogP contribution is -2.40. The molecule has 1 aliphatic carbocycles. The number of amides is 1. The molecule has 3 rings (SSSR count). The second kappa shape index (κ2) is 6.21. The molecule has 4 heteroatoms. The Hall–Kier alpha value is -1.68. The van der Waals surface area contributed by atoms with E-state index >= 15 is 0 Å². The van der Waals surface area contributed by atoms with Crippen LogP contribution in [0.1, 0.15) is 54.6 Å². The number of anilines is 1. The summed E-state index contributed by atoms with van der Waals surface area (Å²) in [6, 6.07) is 4.45. The summed E-state index contributed by atoms with van der Waals surface area (Å²) in [7, 11) is 0. The van der Waals surface area contributed by atoms with Gasteiger partial charge in [-0.05, 0) is 62.4 Å². The maximum absolute atomic E-state index is 11.8. The third-order valence-electron chi connectivity index (χ3n) is 4.82. The minimum atomic E-state index is -0.482. The lowest BCUT2D eigenvalue weighted by atomic mass is 9.85. The first kappa shape index (κ1) is 15.2. The molecule has 22 heavy (non-hydrogen) atoms. The summed E-state index contributed by atoms with van der Waals surface area (Å²) in [5, 5.41) is 2.77. The van der Waals surface area contributed by atoms with Crippen molar-refractivity contribution in [1.29, 1.82) is 0 Å². The number of Topliss-reactive ketones (excluding diaryl/α,β-unsaturated/α-hetero) is 1.